The summed E-state index contributed by atoms with van der Waals surface area (Å²) in [5.41, 5.74) is 1.36. The summed E-state index contributed by atoms with van der Waals surface area (Å²) in [4.78, 5) is 11.3. The van der Waals surface area contributed by atoms with Crippen LogP contribution in [0.5, 0.6) is 0 Å². The van der Waals surface area contributed by atoms with Crippen molar-refractivity contribution in [2.75, 3.05) is 13.1 Å². The van der Waals surface area contributed by atoms with Gasteiger partial charge in [-0.15, -0.1) is 0 Å². The molecule has 2 aromatic rings. The molecule has 2 unspecified atom stereocenters. The highest BCUT2D eigenvalue weighted by atomic mass is 15.2. The number of nitrogens with zero attached hydrogens (tertiary/aromatic N) is 3. The van der Waals surface area contributed by atoms with Crippen LogP contribution >= 0.6 is 0 Å². The van der Waals surface area contributed by atoms with Gasteiger partial charge in [-0.05, 0) is 18.1 Å². The van der Waals surface area contributed by atoms with Crippen LogP contribution < -0.4 is 5.32 Å². The monoisotopic (exact) mass is 282 g/mol. The van der Waals surface area contributed by atoms with Gasteiger partial charge in [-0.2, -0.15) is 0 Å². The van der Waals surface area contributed by atoms with Crippen molar-refractivity contribution in [3.05, 3.63) is 60.2 Å². The topological polar surface area (TPSA) is 41.1 Å². The lowest BCUT2D eigenvalue weighted by Crippen LogP contribution is -2.51. The molecule has 110 valence electrons. The second kappa shape index (κ2) is 6.78. The van der Waals surface area contributed by atoms with Crippen LogP contribution in [0.4, 0.5) is 0 Å². The molecule has 2 atom stereocenters. The summed E-state index contributed by atoms with van der Waals surface area (Å²) in [6.07, 6.45) is 4.78. The Morgan fingerprint density at radius 1 is 1.14 bits per heavy atom. The first-order valence-electron chi connectivity index (χ1n) is 7.65. The summed E-state index contributed by atoms with van der Waals surface area (Å²) in [6.45, 7) is 5.06. The summed E-state index contributed by atoms with van der Waals surface area (Å²) in [5, 5.41) is 3.65. The van der Waals surface area contributed by atoms with E-state index in [0.717, 1.165) is 31.9 Å². The predicted octanol–water partition coefficient (Wildman–Crippen LogP) is 2.40. The quantitative estimate of drug-likeness (QED) is 0.935. The SMILES string of the molecule is CCC1CN(Cc2ncccn2)C(c2ccccc2)CN1. The molecule has 1 aromatic carbocycles. The average Bonchev–Trinajstić information content (AvgIpc) is 2.56. The molecule has 0 aliphatic carbocycles. The van der Waals surface area contributed by atoms with Gasteiger partial charge < -0.3 is 5.32 Å². The maximum atomic E-state index is 4.38. The molecule has 0 amide bonds. The van der Waals surface area contributed by atoms with E-state index in [1.807, 2.05) is 18.5 Å². The summed E-state index contributed by atoms with van der Waals surface area (Å²) in [6, 6.07) is 13.5. The molecule has 2 heterocycles. The second-order valence-corrected chi connectivity index (χ2v) is 5.53. The second-order valence-electron chi connectivity index (χ2n) is 5.53. The molecular weight excluding hydrogens is 260 g/mol. The number of benzene rings is 1. The molecule has 0 saturated carbocycles. The molecule has 0 spiro atoms. The Bertz CT molecular complexity index is 543. The summed E-state index contributed by atoms with van der Waals surface area (Å²) >= 11 is 0. The van der Waals surface area contributed by atoms with E-state index in [1.54, 1.807) is 0 Å². The molecule has 4 nitrogen and oxygen atoms in total. The highest BCUT2D eigenvalue weighted by Gasteiger charge is 2.28. The summed E-state index contributed by atoms with van der Waals surface area (Å²) in [7, 11) is 0. The van der Waals surface area contributed by atoms with Gasteiger partial charge >= 0.3 is 0 Å². The van der Waals surface area contributed by atoms with E-state index < -0.39 is 0 Å². The van der Waals surface area contributed by atoms with E-state index in [4.69, 9.17) is 0 Å². The van der Waals surface area contributed by atoms with E-state index in [0.29, 0.717) is 12.1 Å². The van der Waals surface area contributed by atoms with Gasteiger partial charge in [-0.25, -0.2) is 9.97 Å². The summed E-state index contributed by atoms with van der Waals surface area (Å²) < 4.78 is 0. The Morgan fingerprint density at radius 3 is 2.62 bits per heavy atom. The maximum Gasteiger partial charge on any atom is 0.142 e. The van der Waals surface area contributed by atoms with Crippen molar-refractivity contribution in [3.63, 3.8) is 0 Å². The van der Waals surface area contributed by atoms with Crippen molar-refractivity contribution in [2.24, 2.45) is 0 Å². The van der Waals surface area contributed by atoms with Gasteiger partial charge in [0, 0.05) is 37.6 Å². The van der Waals surface area contributed by atoms with Crippen LogP contribution in [-0.2, 0) is 6.54 Å². The minimum atomic E-state index is 0.387. The molecule has 0 radical (unpaired) electrons. The van der Waals surface area contributed by atoms with Crippen LogP contribution in [0.2, 0.25) is 0 Å². The number of hydrogen-bond acceptors (Lipinski definition) is 4. The molecule has 1 aliphatic rings. The van der Waals surface area contributed by atoms with Crippen LogP contribution in [0.25, 0.3) is 0 Å². The Hall–Kier alpha value is -1.78. The van der Waals surface area contributed by atoms with Crippen molar-refractivity contribution in [3.8, 4) is 0 Å². The molecule has 0 bridgehead atoms. The third kappa shape index (κ3) is 3.46. The van der Waals surface area contributed by atoms with Gasteiger partial charge in [0.1, 0.15) is 5.82 Å². The zero-order valence-electron chi connectivity index (χ0n) is 12.4. The van der Waals surface area contributed by atoms with Gasteiger partial charge in [0.2, 0.25) is 0 Å². The van der Waals surface area contributed by atoms with E-state index in [2.05, 4.69) is 57.4 Å². The number of nitrogens with one attached hydrogen (secondary N) is 1. The largest absolute Gasteiger partial charge is 0.311 e. The molecular formula is C17H22N4. The van der Waals surface area contributed by atoms with Crippen molar-refractivity contribution < 1.29 is 0 Å². The highest BCUT2D eigenvalue weighted by molar-refractivity contribution is 5.20. The van der Waals surface area contributed by atoms with E-state index >= 15 is 0 Å². The molecule has 21 heavy (non-hydrogen) atoms. The third-order valence-electron chi connectivity index (χ3n) is 4.14. The minimum absolute atomic E-state index is 0.387. The smallest absolute Gasteiger partial charge is 0.142 e. The lowest BCUT2D eigenvalue weighted by Gasteiger charge is -2.40. The fraction of sp³-hybridized carbons (Fsp3) is 0.412. The molecule has 1 saturated heterocycles. The van der Waals surface area contributed by atoms with Crippen molar-refractivity contribution in [1.29, 1.82) is 0 Å². The number of aromatic nitrogens is 2. The fourth-order valence-corrected chi connectivity index (χ4v) is 2.93. The van der Waals surface area contributed by atoms with Gasteiger partial charge in [0.25, 0.3) is 0 Å². The van der Waals surface area contributed by atoms with E-state index in [1.165, 1.54) is 5.56 Å². The van der Waals surface area contributed by atoms with Crippen molar-refractivity contribution in [1.82, 2.24) is 20.2 Å². The van der Waals surface area contributed by atoms with Crippen LogP contribution in [0, 0.1) is 0 Å². The number of rotatable bonds is 4. The van der Waals surface area contributed by atoms with Gasteiger partial charge in [0.15, 0.2) is 0 Å². The lowest BCUT2D eigenvalue weighted by molar-refractivity contribution is 0.117. The zero-order valence-corrected chi connectivity index (χ0v) is 12.4. The van der Waals surface area contributed by atoms with E-state index in [-0.39, 0.29) is 0 Å². The van der Waals surface area contributed by atoms with Gasteiger partial charge in [0.05, 0.1) is 6.54 Å². The molecule has 4 heteroatoms. The third-order valence-corrected chi connectivity index (χ3v) is 4.14. The first-order valence-corrected chi connectivity index (χ1v) is 7.65. The average molecular weight is 282 g/mol. The molecule has 1 fully saturated rings. The van der Waals surface area contributed by atoms with Crippen molar-refractivity contribution >= 4 is 0 Å². The van der Waals surface area contributed by atoms with Gasteiger partial charge in [-0.3, -0.25) is 4.90 Å². The first kappa shape index (κ1) is 14.2. The van der Waals surface area contributed by atoms with Crippen LogP contribution in [0.3, 0.4) is 0 Å². The standard InChI is InChI=1S/C17H22N4/c1-2-15-12-21(13-17-18-9-6-10-19-17)16(11-20-15)14-7-4-3-5-8-14/h3-10,15-16,20H,2,11-13H2,1H3. The molecule has 1 N–H and O–H groups in total. The first-order chi connectivity index (χ1) is 10.4. The Balaban J connectivity index is 1.80. The number of hydrogen-bond donors (Lipinski definition) is 1. The van der Waals surface area contributed by atoms with Crippen LogP contribution in [-0.4, -0.2) is 34.0 Å². The molecule has 1 aromatic heterocycles. The van der Waals surface area contributed by atoms with E-state index in [9.17, 15) is 0 Å². The molecule has 1 aliphatic heterocycles. The normalized spacial score (nSPS) is 23.1. The molecule has 3 rings (SSSR count). The Morgan fingerprint density at radius 2 is 1.90 bits per heavy atom. The van der Waals surface area contributed by atoms with Crippen LogP contribution in [0.1, 0.15) is 30.8 Å². The zero-order chi connectivity index (χ0) is 14.5. The fourth-order valence-electron chi connectivity index (χ4n) is 2.93. The number of piperazine rings is 1. The Labute approximate surface area is 126 Å². The van der Waals surface area contributed by atoms with Crippen LogP contribution in [0.15, 0.2) is 48.8 Å². The highest BCUT2D eigenvalue weighted by Crippen LogP contribution is 2.25. The predicted molar refractivity (Wildman–Crippen MR) is 83.7 cm³/mol. The lowest BCUT2D eigenvalue weighted by atomic mass is 10.00. The summed E-state index contributed by atoms with van der Waals surface area (Å²) in [5.74, 6) is 0.898. The maximum absolute atomic E-state index is 4.38. The Kier molecular flexibility index (Phi) is 4.58. The van der Waals surface area contributed by atoms with Gasteiger partial charge in [-0.1, -0.05) is 37.3 Å². The van der Waals surface area contributed by atoms with Crippen molar-refractivity contribution in [2.45, 2.75) is 32.0 Å². The minimum Gasteiger partial charge on any atom is -0.311 e.